The summed E-state index contributed by atoms with van der Waals surface area (Å²) >= 11 is 0. The fourth-order valence-corrected chi connectivity index (χ4v) is 2.62. The van der Waals surface area contributed by atoms with Crippen molar-refractivity contribution in [2.24, 2.45) is 0 Å². The molecule has 104 valence electrons. The highest BCUT2D eigenvalue weighted by atomic mass is 16.5. The molecule has 0 spiro atoms. The van der Waals surface area contributed by atoms with Crippen molar-refractivity contribution in [3.63, 3.8) is 0 Å². The van der Waals surface area contributed by atoms with Crippen LogP contribution in [0.5, 0.6) is 5.75 Å². The molecular formula is C16H19N3O. The first kappa shape index (κ1) is 12.9. The van der Waals surface area contributed by atoms with E-state index in [0.717, 1.165) is 36.1 Å². The molecule has 4 nitrogen and oxygen atoms in total. The van der Waals surface area contributed by atoms with E-state index in [1.807, 2.05) is 39.1 Å². The average molecular weight is 269 g/mol. The number of hydrogen-bond acceptors (Lipinski definition) is 4. The lowest BCUT2D eigenvalue weighted by molar-refractivity contribution is 0.238. The molecule has 2 aromatic rings. The van der Waals surface area contributed by atoms with Crippen LogP contribution in [0.15, 0.2) is 30.3 Å². The third-order valence-corrected chi connectivity index (χ3v) is 3.50. The Morgan fingerprint density at radius 3 is 2.60 bits per heavy atom. The summed E-state index contributed by atoms with van der Waals surface area (Å²) in [5.74, 6) is 1.77. The number of para-hydroxylation sites is 1. The molecule has 1 aromatic carbocycles. The van der Waals surface area contributed by atoms with E-state index in [2.05, 4.69) is 27.0 Å². The van der Waals surface area contributed by atoms with Crippen molar-refractivity contribution in [3.8, 4) is 5.75 Å². The van der Waals surface area contributed by atoms with Crippen LogP contribution in [0.3, 0.4) is 0 Å². The number of ether oxygens (including phenoxy) is 1. The summed E-state index contributed by atoms with van der Waals surface area (Å²) in [7, 11) is 2.01. The molecule has 2 heterocycles. The van der Waals surface area contributed by atoms with E-state index in [4.69, 9.17) is 4.74 Å². The van der Waals surface area contributed by atoms with Gasteiger partial charge in [-0.1, -0.05) is 18.2 Å². The van der Waals surface area contributed by atoms with Gasteiger partial charge < -0.3 is 9.64 Å². The molecule has 1 atom stereocenters. The van der Waals surface area contributed by atoms with Crippen LogP contribution >= 0.6 is 0 Å². The number of rotatable bonds is 3. The van der Waals surface area contributed by atoms with Crippen LogP contribution in [0.25, 0.3) is 0 Å². The van der Waals surface area contributed by atoms with Gasteiger partial charge in [-0.25, -0.2) is 9.97 Å². The summed E-state index contributed by atoms with van der Waals surface area (Å²) in [6.07, 6.45) is 1.12. The van der Waals surface area contributed by atoms with Crippen molar-refractivity contribution in [3.05, 3.63) is 47.3 Å². The number of anilines is 1. The van der Waals surface area contributed by atoms with Crippen LogP contribution in [0.2, 0.25) is 0 Å². The third-order valence-electron chi connectivity index (χ3n) is 3.50. The molecule has 0 bridgehead atoms. The van der Waals surface area contributed by atoms with E-state index in [1.54, 1.807) is 0 Å². The van der Waals surface area contributed by atoms with Crippen LogP contribution in [0, 0.1) is 13.8 Å². The Kier molecular flexibility index (Phi) is 3.30. The second kappa shape index (κ2) is 5.12. The maximum absolute atomic E-state index is 5.96. The number of aryl methyl sites for hydroxylation is 2. The van der Waals surface area contributed by atoms with Crippen LogP contribution < -0.4 is 9.64 Å². The zero-order valence-electron chi connectivity index (χ0n) is 12.1. The number of aromatic nitrogens is 2. The Labute approximate surface area is 119 Å². The zero-order valence-corrected chi connectivity index (χ0v) is 12.1. The highest BCUT2D eigenvalue weighted by Gasteiger charge is 2.24. The van der Waals surface area contributed by atoms with Crippen LogP contribution in [-0.4, -0.2) is 29.7 Å². The molecule has 1 aromatic heterocycles. The van der Waals surface area contributed by atoms with Crippen molar-refractivity contribution >= 4 is 5.95 Å². The van der Waals surface area contributed by atoms with Gasteiger partial charge in [0.2, 0.25) is 5.95 Å². The molecular weight excluding hydrogens is 250 g/mol. The lowest BCUT2D eigenvalue weighted by Crippen LogP contribution is -2.33. The third kappa shape index (κ3) is 2.59. The predicted octanol–water partition coefficient (Wildman–Crippen LogP) is 2.53. The van der Waals surface area contributed by atoms with Gasteiger partial charge in [-0.15, -0.1) is 0 Å². The van der Waals surface area contributed by atoms with Crippen LogP contribution in [-0.2, 0) is 6.42 Å². The summed E-state index contributed by atoms with van der Waals surface area (Å²) in [5.41, 5.74) is 3.28. The summed E-state index contributed by atoms with van der Waals surface area (Å²) in [6, 6.07) is 10.2. The molecule has 0 saturated heterocycles. The standard InChI is InChI=1S/C16H19N3O/c1-11-8-12(2)18-16(17-11)19(3)10-14-9-13-6-4-5-7-15(13)20-14/h4-8,14H,9-10H2,1-3H3. The maximum atomic E-state index is 5.96. The predicted molar refractivity (Wildman–Crippen MR) is 79.3 cm³/mol. The van der Waals surface area contributed by atoms with Crippen molar-refractivity contribution < 1.29 is 4.74 Å². The van der Waals surface area contributed by atoms with Gasteiger partial charge in [0.05, 0.1) is 6.54 Å². The number of fused-ring (bicyclic) bond motifs is 1. The van der Waals surface area contributed by atoms with Gasteiger partial charge in [0, 0.05) is 24.9 Å². The highest BCUT2D eigenvalue weighted by Crippen LogP contribution is 2.28. The average Bonchev–Trinajstić information content (AvgIpc) is 2.79. The minimum atomic E-state index is 0.168. The molecule has 0 amide bonds. The van der Waals surface area contributed by atoms with Crippen molar-refractivity contribution in [1.29, 1.82) is 0 Å². The monoisotopic (exact) mass is 269 g/mol. The van der Waals surface area contributed by atoms with Gasteiger partial charge in [-0.2, -0.15) is 0 Å². The molecule has 3 rings (SSSR count). The van der Waals surface area contributed by atoms with E-state index in [-0.39, 0.29) is 6.10 Å². The minimum absolute atomic E-state index is 0.168. The van der Waals surface area contributed by atoms with E-state index in [0.29, 0.717) is 0 Å². The van der Waals surface area contributed by atoms with Crippen LogP contribution in [0.1, 0.15) is 17.0 Å². The number of benzene rings is 1. The first-order valence-electron chi connectivity index (χ1n) is 6.90. The Bertz CT molecular complexity index is 582. The second-order valence-corrected chi connectivity index (χ2v) is 5.38. The largest absolute Gasteiger partial charge is 0.488 e. The quantitative estimate of drug-likeness (QED) is 0.858. The topological polar surface area (TPSA) is 38.2 Å². The lowest BCUT2D eigenvalue weighted by Gasteiger charge is -2.21. The van der Waals surface area contributed by atoms with E-state index < -0.39 is 0 Å². The van der Waals surface area contributed by atoms with Gasteiger partial charge in [0.1, 0.15) is 11.9 Å². The zero-order chi connectivity index (χ0) is 14.1. The molecule has 0 saturated carbocycles. The smallest absolute Gasteiger partial charge is 0.225 e. The normalized spacial score (nSPS) is 16.6. The summed E-state index contributed by atoms with van der Waals surface area (Å²) in [5, 5.41) is 0. The first-order valence-corrected chi connectivity index (χ1v) is 6.90. The van der Waals surface area contributed by atoms with Crippen molar-refractivity contribution in [1.82, 2.24) is 9.97 Å². The molecule has 0 radical (unpaired) electrons. The molecule has 0 fully saturated rings. The Morgan fingerprint density at radius 1 is 1.20 bits per heavy atom. The van der Waals surface area contributed by atoms with Crippen LogP contribution in [0.4, 0.5) is 5.95 Å². The van der Waals surface area contributed by atoms with E-state index in [1.165, 1.54) is 5.56 Å². The van der Waals surface area contributed by atoms with E-state index in [9.17, 15) is 0 Å². The Hall–Kier alpha value is -2.10. The van der Waals surface area contributed by atoms with Gasteiger partial charge in [-0.05, 0) is 31.5 Å². The second-order valence-electron chi connectivity index (χ2n) is 5.38. The Balaban J connectivity index is 1.70. The van der Waals surface area contributed by atoms with Crippen molar-refractivity contribution in [2.75, 3.05) is 18.5 Å². The van der Waals surface area contributed by atoms with Gasteiger partial charge in [0.25, 0.3) is 0 Å². The molecule has 4 heteroatoms. The SMILES string of the molecule is Cc1cc(C)nc(N(C)CC2Cc3ccccc3O2)n1. The summed E-state index contributed by atoms with van der Waals surface area (Å²) in [6.45, 7) is 4.78. The number of hydrogen-bond donors (Lipinski definition) is 0. The molecule has 0 N–H and O–H groups in total. The lowest BCUT2D eigenvalue weighted by atomic mass is 10.1. The molecule has 20 heavy (non-hydrogen) atoms. The van der Waals surface area contributed by atoms with E-state index >= 15 is 0 Å². The molecule has 1 aliphatic rings. The molecule has 1 unspecified atom stereocenters. The maximum Gasteiger partial charge on any atom is 0.225 e. The fraction of sp³-hybridized carbons (Fsp3) is 0.375. The molecule has 1 aliphatic heterocycles. The highest BCUT2D eigenvalue weighted by molar-refractivity contribution is 5.38. The minimum Gasteiger partial charge on any atom is -0.488 e. The number of nitrogens with zero attached hydrogens (tertiary/aromatic N) is 3. The van der Waals surface area contributed by atoms with Gasteiger partial charge in [0.15, 0.2) is 0 Å². The first-order chi connectivity index (χ1) is 9.61. The van der Waals surface area contributed by atoms with Crippen molar-refractivity contribution in [2.45, 2.75) is 26.4 Å². The number of likely N-dealkylation sites (N-methyl/N-ethyl adjacent to an activating group) is 1. The van der Waals surface area contributed by atoms with Gasteiger partial charge >= 0.3 is 0 Å². The molecule has 0 aliphatic carbocycles. The fourth-order valence-electron chi connectivity index (χ4n) is 2.62. The Morgan fingerprint density at radius 2 is 1.90 bits per heavy atom. The van der Waals surface area contributed by atoms with Gasteiger partial charge in [-0.3, -0.25) is 0 Å². The summed E-state index contributed by atoms with van der Waals surface area (Å²) < 4.78 is 5.96. The summed E-state index contributed by atoms with van der Waals surface area (Å²) in [4.78, 5) is 11.0.